The minimum Gasteiger partial charge on any atom is -0.507 e. The summed E-state index contributed by atoms with van der Waals surface area (Å²) >= 11 is 0. The lowest BCUT2D eigenvalue weighted by Gasteiger charge is -2.26. The highest BCUT2D eigenvalue weighted by atomic mass is 16.7. The quantitative estimate of drug-likeness (QED) is 0.283. The zero-order valence-electron chi connectivity index (χ0n) is 21.1. The molecule has 0 aromatic heterocycles. The molecule has 2 aliphatic heterocycles. The van der Waals surface area contributed by atoms with Crippen LogP contribution in [0.3, 0.4) is 0 Å². The van der Waals surface area contributed by atoms with Gasteiger partial charge in [0.1, 0.15) is 5.76 Å². The van der Waals surface area contributed by atoms with Gasteiger partial charge in [-0.05, 0) is 54.2 Å². The number of fused-ring (bicyclic) bond motifs is 1. The topological polar surface area (TPSA) is 76.1 Å². The second kappa shape index (κ2) is 8.55. The second-order valence-electron chi connectivity index (χ2n) is 10.4. The number of ether oxygens (including phenoxy) is 2. The Balaban J connectivity index is 1.74. The van der Waals surface area contributed by atoms with E-state index in [-0.39, 0.29) is 23.5 Å². The summed E-state index contributed by atoms with van der Waals surface area (Å²) in [6, 6.07) is 17.9. The number of carbonyl (C=O) groups is 2. The van der Waals surface area contributed by atoms with Crippen molar-refractivity contribution in [1.29, 1.82) is 0 Å². The van der Waals surface area contributed by atoms with Crippen LogP contribution in [0.15, 0.2) is 66.2 Å². The highest BCUT2D eigenvalue weighted by molar-refractivity contribution is 6.51. The van der Waals surface area contributed by atoms with Crippen molar-refractivity contribution in [2.75, 3.05) is 11.7 Å². The molecule has 0 bridgehead atoms. The Morgan fingerprint density at radius 3 is 2.42 bits per heavy atom. The highest BCUT2D eigenvalue weighted by Crippen LogP contribution is 2.45. The molecule has 1 amide bonds. The Labute approximate surface area is 210 Å². The predicted octanol–water partition coefficient (Wildman–Crippen LogP) is 5.96. The van der Waals surface area contributed by atoms with Crippen molar-refractivity contribution in [3.05, 3.63) is 94.1 Å². The molecule has 1 N–H and O–H groups in total. The zero-order valence-corrected chi connectivity index (χ0v) is 21.1. The first-order valence-corrected chi connectivity index (χ1v) is 11.9. The molecule has 0 radical (unpaired) electrons. The Morgan fingerprint density at radius 2 is 1.69 bits per heavy atom. The van der Waals surface area contributed by atoms with E-state index >= 15 is 0 Å². The van der Waals surface area contributed by atoms with Gasteiger partial charge in [0.15, 0.2) is 11.5 Å². The molecule has 0 saturated carbocycles. The molecule has 3 aromatic carbocycles. The maximum Gasteiger partial charge on any atom is 0.300 e. The molecule has 1 fully saturated rings. The standard InChI is InChI=1S/C30H29NO5/c1-17-7-6-8-19(13-17)26-25(27(32)22-14-20(30(3,4)5)10-9-18(22)2)28(33)29(34)31(26)21-11-12-23-24(15-21)36-16-35-23/h6-15,26,32H,16H2,1-5H3/b27-25+. The third-order valence-electron chi connectivity index (χ3n) is 6.80. The Hall–Kier alpha value is -4.06. The fourth-order valence-corrected chi connectivity index (χ4v) is 4.78. The van der Waals surface area contributed by atoms with Crippen molar-refractivity contribution in [3.63, 3.8) is 0 Å². The Morgan fingerprint density at radius 1 is 0.944 bits per heavy atom. The summed E-state index contributed by atoms with van der Waals surface area (Å²) in [4.78, 5) is 28.5. The van der Waals surface area contributed by atoms with Crippen molar-refractivity contribution < 1.29 is 24.2 Å². The monoisotopic (exact) mass is 483 g/mol. The summed E-state index contributed by atoms with van der Waals surface area (Å²) in [6.45, 7) is 10.2. The summed E-state index contributed by atoms with van der Waals surface area (Å²) < 4.78 is 10.9. The number of nitrogens with zero attached hydrogens (tertiary/aromatic N) is 1. The van der Waals surface area contributed by atoms with E-state index in [1.807, 2.05) is 56.3 Å². The number of hydrogen-bond donors (Lipinski definition) is 1. The van der Waals surface area contributed by atoms with Crippen molar-refractivity contribution >= 4 is 23.1 Å². The van der Waals surface area contributed by atoms with Crippen LogP contribution < -0.4 is 14.4 Å². The molecule has 1 saturated heterocycles. The van der Waals surface area contributed by atoms with Crippen molar-refractivity contribution in [2.45, 2.75) is 46.1 Å². The average Bonchev–Trinajstić information content (AvgIpc) is 3.40. The van der Waals surface area contributed by atoms with Crippen molar-refractivity contribution in [1.82, 2.24) is 0 Å². The van der Waals surface area contributed by atoms with Crippen LogP contribution in [0.5, 0.6) is 11.5 Å². The molecule has 0 aliphatic carbocycles. The Bertz CT molecular complexity index is 1430. The minimum atomic E-state index is -0.803. The van der Waals surface area contributed by atoms with E-state index in [2.05, 4.69) is 20.8 Å². The van der Waals surface area contributed by atoms with Gasteiger partial charge in [-0.2, -0.15) is 0 Å². The average molecular weight is 484 g/mol. The third-order valence-corrected chi connectivity index (χ3v) is 6.80. The van der Waals surface area contributed by atoms with E-state index < -0.39 is 17.7 Å². The molecular formula is C30H29NO5. The van der Waals surface area contributed by atoms with Crippen LogP contribution in [0, 0.1) is 13.8 Å². The smallest absolute Gasteiger partial charge is 0.300 e. The maximum atomic E-state index is 13.5. The molecule has 0 spiro atoms. The number of ketones is 1. The molecule has 2 aliphatic rings. The van der Waals surface area contributed by atoms with Crippen LogP contribution in [-0.4, -0.2) is 23.6 Å². The second-order valence-corrected chi connectivity index (χ2v) is 10.4. The fraction of sp³-hybridized carbons (Fsp3) is 0.267. The van der Waals surface area contributed by atoms with Gasteiger partial charge in [0, 0.05) is 17.3 Å². The number of aliphatic hydroxyl groups excluding tert-OH is 1. The number of Topliss-reactive ketones (excluding diaryl/α,β-unsaturated/α-hetero) is 1. The first kappa shape index (κ1) is 23.7. The van der Waals surface area contributed by atoms with E-state index in [9.17, 15) is 14.7 Å². The molecule has 1 unspecified atom stereocenters. The van der Waals surface area contributed by atoms with Crippen LogP contribution in [0.2, 0.25) is 0 Å². The molecule has 184 valence electrons. The lowest BCUT2D eigenvalue weighted by atomic mass is 9.84. The van der Waals surface area contributed by atoms with Crippen LogP contribution >= 0.6 is 0 Å². The van der Waals surface area contributed by atoms with Crippen LogP contribution in [-0.2, 0) is 15.0 Å². The summed E-state index contributed by atoms with van der Waals surface area (Å²) in [5.41, 5.74) is 4.50. The molecule has 5 rings (SSSR count). The van der Waals surface area contributed by atoms with Gasteiger partial charge in [-0.3, -0.25) is 14.5 Å². The third kappa shape index (κ3) is 3.92. The number of benzene rings is 3. The number of aryl methyl sites for hydroxylation is 2. The van der Waals surface area contributed by atoms with Gasteiger partial charge < -0.3 is 14.6 Å². The SMILES string of the molecule is Cc1cccc(C2/C(=C(\O)c3cc(C(C)(C)C)ccc3C)C(=O)C(=O)N2c2ccc3c(c2)OCO3)c1. The number of rotatable bonds is 3. The number of carbonyl (C=O) groups excluding carboxylic acids is 2. The van der Waals surface area contributed by atoms with Gasteiger partial charge in [0.05, 0.1) is 11.6 Å². The molecule has 2 heterocycles. The summed E-state index contributed by atoms with van der Waals surface area (Å²) in [7, 11) is 0. The first-order valence-electron chi connectivity index (χ1n) is 11.9. The zero-order chi connectivity index (χ0) is 25.8. The first-order chi connectivity index (χ1) is 17.1. The molecule has 6 nitrogen and oxygen atoms in total. The summed E-state index contributed by atoms with van der Waals surface area (Å²) in [6.07, 6.45) is 0. The van der Waals surface area contributed by atoms with Crippen LogP contribution in [0.4, 0.5) is 5.69 Å². The van der Waals surface area contributed by atoms with E-state index in [0.717, 1.165) is 22.3 Å². The van der Waals surface area contributed by atoms with E-state index in [1.54, 1.807) is 18.2 Å². The van der Waals surface area contributed by atoms with Gasteiger partial charge in [0.2, 0.25) is 6.79 Å². The minimum absolute atomic E-state index is 0.0671. The summed E-state index contributed by atoms with van der Waals surface area (Å²) in [5, 5.41) is 11.6. The van der Waals surface area contributed by atoms with Gasteiger partial charge in [-0.1, -0.05) is 62.7 Å². The van der Waals surface area contributed by atoms with Gasteiger partial charge in [-0.15, -0.1) is 0 Å². The van der Waals surface area contributed by atoms with Gasteiger partial charge in [-0.25, -0.2) is 0 Å². The van der Waals surface area contributed by atoms with Gasteiger partial charge >= 0.3 is 0 Å². The Kier molecular flexibility index (Phi) is 5.62. The van der Waals surface area contributed by atoms with E-state index in [4.69, 9.17) is 9.47 Å². The number of anilines is 1. The number of aliphatic hydroxyl groups is 1. The molecular weight excluding hydrogens is 454 g/mol. The van der Waals surface area contributed by atoms with E-state index in [1.165, 1.54) is 4.90 Å². The highest BCUT2D eigenvalue weighted by Gasteiger charge is 2.47. The molecule has 36 heavy (non-hydrogen) atoms. The van der Waals surface area contributed by atoms with Crippen LogP contribution in [0.1, 0.15) is 54.6 Å². The number of amides is 1. The maximum absolute atomic E-state index is 13.5. The van der Waals surface area contributed by atoms with Crippen molar-refractivity contribution in [2.24, 2.45) is 0 Å². The lowest BCUT2D eigenvalue weighted by Crippen LogP contribution is -2.29. The molecule has 1 atom stereocenters. The predicted molar refractivity (Wildman–Crippen MR) is 138 cm³/mol. The summed E-state index contributed by atoms with van der Waals surface area (Å²) in [5.74, 6) is -0.515. The number of hydrogen-bond acceptors (Lipinski definition) is 5. The largest absolute Gasteiger partial charge is 0.507 e. The molecule has 3 aromatic rings. The fourth-order valence-electron chi connectivity index (χ4n) is 4.78. The normalized spacial score (nSPS) is 18.7. The van der Waals surface area contributed by atoms with Gasteiger partial charge in [0.25, 0.3) is 11.7 Å². The van der Waals surface area contributed by atoms with Crippen LogP contribution in [0.25, 0.3) is 5.76 Å². The lowest BCUT2D eigenvalue weighted by molar-refractivity contribution is -0.132. The van der Waals surface area contributed by atoms with E-state index in [0.29, 0.717) is 22.7 Å². The molecule has 6 heteroatoms. The van der Waals surface area contributed by atoms with Crippen molar-refractivity contribution in [3.8, 4) is 11.5 Å².